The number of thiazole rings is 1. The fraction of sp³-hybridized carbons (Fsp3) is 0.273. The lowest BCUT2D eigenvalue weighted by Gasteiger charge is -2.10. The standard InChI is InChI=1S/C22H25N3OS/c1-4-23-21(26)20-16(3)25-22(27-20)24-15(2)19-12-10-18(11-13-19)14-17-8-6-5-7-9-17/h6,8-13H,2,4-5,7,14H2,1,3H3,(H,23,26)(H,24,25). The van der Waals surface area contributed by atoms with Crippen LogP contribution in [0.4, 0.5) is 5.13 Å². The summed E-state index contributed by atoms with van der Waals surface area (Å²) in [5, 5.41) is 6.72. The molecule has 3 rings (SSSR count). The SMILES string of the molecule is C=C(Nc1nc(C)c(C(=O)NCC)s1)c1ccc(CC2=CCCC=C2)cc1. The number of nitrogens with zero attached hydrogens (tertiary/aromatic N) is 1. The fourth-order valence-corrected chi connectivity index (χ4v) is 3.87. The van der Waals surface area contributed by atoms with Gasteiger partial charge in [-0.2, -0.15) is 0 Å². The maximum Gasteiger partial charge on any atom is 0.263 e. The van der Waals surface area contributed by atoms with E-state index >= 15 is 0 Å². The Morgan fingerprint density at radius 2 is 2.04 bits per heavy atom. The molecule has 0 atom stereocenters. The molecule has 2 aromatic rings. The molecule has 1 aromatic carbocycles. The number of allylic oxidation sites excluding steroid dienone is 4. The van der Waals surface area contributed by atoms with Gasteiger partial charge in [-0.05, 0) is 49.8 Å². The van der Waals surface area contributed by atoms with Crippen molar-refractivity contribution in [3.8, 4) is 0 Å². The van der Waals surface area contributed by atoms with Gasteiger partial charge < -0.3 is 10.6 Å². The lowest BCUT2D eigenvalue weighted by molar-refractivity contribution is 0.0959. The second-order valence-electron chi connectivity index (χ2n) is 6.53. The molecule has 0 radical (unpaired) electrons. The molecule has 1 aliphatic rings. The van der Waals surface area contributed by atoms with E-state index in [1.807, 2.05) is 13.8 Å². The molecule has 1 amide bonds. The number of rotatable bonds is 7. The second kappa shape index (κ2) is 8.82. The number of anilines is 1. The summed E-state index contributed by atoms with van der Waals surface area (Å²) >= 11 is 1.35. The van der Waals surface area contributed by atoms with E-state index < -0.39 is 0 Å². The van der Waals surface area contributed by atoms with Gasteiger partial charge in [0.25, 0.3) is 5.91 Å². The molecular weight excluding hydrogens is 354 g/mol. The minimum Gasteiger partial charge on any atom is -0.352 e. The van der Waals surface area contributed by atoms with Gasteiger partial charge in [-0.3, -0.25) is 4.79 Å². The smallest absolute Gasteiger partial charge is 0.263 e. The summed E-state index contributed by atoms with van der Waals surface area (Å²) in [5.41, 5.74) is 5.18. The molecule has 0 saturated heterocycles. The summed E-state index contributed by atoms with van der Waals surface area (Å²) in [5.74, 6) is -0.0819. The van der Waals surface area contributed by atoms with Crippen LogP contribution in [-0.4, -0.2) is 17.4 Å². The number of aryl methyl sites for hydroxylation is 1. The molecule has 27 heavy (non-hydrogen) atoms. The largest absolute Gasteiger partial charge is 0.352 e. The van der Waals surface area contributed by atoms with Crippen LogP contribution in [-0.2, 0) is 6.42 Å². The molecule has 2 N–H and O–H groups in total. The molecule has 0 saturated carbocycles. The van der Waals surface area contributed by atoms with Crippen LogP contribution >= 0.6 is 11.3 Å². The molecule has 1 heterocycles. The molecule has 0 aliphatic heterocycles. The third-order valence-corrected chi connectivity index (χ3v) is 5.45. The van der Waals surface area contributed by atoms with Crippen LogP contribution in [0.15, 0.2) is 54.6 Å². The molecule has 140 valence electrons. The molecule has 0 bridgehead atoms. The average Bonchev–Trinajstić information content (AvgIpc) is 3.03. The van der Waals surface area contributed by atoms with Crippen molar-refractivity contribution >= 4 is 28.1 Å². The number of hydrogen-bond donors (Lipinski definition) is 2. The van der Waals surface area contributed by atoms with Crippen molar-refractivity contribution in [2.75, 3.05) is 11.9 Å². The van der Waals surface area contributed by atoms with Crippen LogP contribution in [0.25, 0.3) is 5.70 Å². The predicted molar refractivity (Wildman–Crippen MR) is 114 cm³/mol. The van der Waals surface area contributed by atoms with E-state index in [-0.39, 0.29) is 5.91 Å². The lowest BCUT2D eigenvalue weighted by Crippen LogP contribution is -2.22. The van der Waals surface area contributed by atoms with Crippen LogP contribution in [0.1, 0.15) is 46.3 Å². The number of amides is 1. The Labute approximate surface area is 164 Å². The number of carbonyl (C=O) groups is 1. The normalized spacial score (nSPS) is 13.2. The van der Waals surface area contributed by atoms with E-state index in [0.717, 1.165) is 36.2 Å². The summed E-state index contributed by atoms with van der Waals surface area (Å²) in [4.78, 5) is 17.1. The van der Waals surface area contributed by atoms with Gasteiger partial charge in [0.05, 0.1) is 5.69 Å². The minimum absolute atomic E-state index is 0.0819. The highest BCUT2D eigenvalue weighted by Crippen LogP contribution is 2.26. The topological polar surface area (TPSA) is 54.0 Å². The van der Waals surface area contributed by atoms with Crippen molar-refractivity contribution in [1.29, 1.82) is 0 Å². The first-order chi connectivity index (χ1) is 13.1. The Balaban J connectivity index is 1.64. The monoisotopic (exact) mass is 379 g/mol. The van der Waals surface area contributed by atoms with Gasteiger partial charge in [0.2, 0.25) is 0 Å². The molecule has 1 aromatic heterocycles. The highest BCUT2D eigenvalue weighted by molar-refractivity contribution is 7.17. The van der Waals surface area contributed by atoms with Crippen molar-refractivity contribution in [3.63, 3.8) is 0 Å². The average molecular weight is 380 g/mol. The Morgan fingerprint density at radius 1 is 1.26 bits per heavy atom. The van der Waals surface area contributed by atoms with Gasteiger partial charge >= 0.3 is 0 Å². The number of hydrogen-bond acceptors (Lipinski definition) is 4. The number of nitrogens with one attached hydrogen (secondary N) is 2. The third-order valence-electron chi connectivity index (χ3n) is 4.38. The molecular formula is C22H25N3OS. The van der Waals surface area contributed by atoms with Crippen molar-refractivity contribution in [1.82, 2.24) is 10.3 Å². The van der Waals surface area contributed by atoms with E-state index in [9.17, 15) is 4.79 Å². The van der Waals surface area contributed by atoms with Crippen molar-refractivity contribution in [2.24, 2.45) is 0 Å². The van der Waals surface area contributed by atoms with Crippen molar-refractivity contribution in [2.45, 2.75) is 33.1 Å². The molecule has 0 spiro atoms. The summed E-state index contributed by atoms with van der Waals surface area (Å²) in [6.07, 6.45) is 10.0. The number of benzene rings is 1. The quantitative estimate of drug-likeness (QED) is 0.703. The zero-order valence-electron chi connectivity index (χ0n) is 15.8. The molecule has 0 fully saturated rings. The van der Waals surface area contributed by atoms with Crippen molar-refractivity contribution in [3.05, 3.63) is 76.3 Å². The van der Waals surface area contributed by atoms with Crippen LogP contribution in [0.3, 0.4) is 0 Å². The van der Waals surface area contributed by atoms with E-state index in [0.29, 0.717) is 16.6 Å². The maximum absolute atomic E-state index is 12.0. The first kappa shape index (κ1) is 19.1. The first-order valence-electron chi connectivity index (χ1n) is 9.23. The number of carbonyl (C=O) groups excluding carboxylic acids is 1. The number of aromatic nitrogens is 1. The molecule has 4 nitrogen and oxygen atoms in total. The van der Waals surface area contributed by atoms with Crippen LogP contribution in [0.5, 0.6) is 0 Å². The summed E-state index contributed by atoms with van der Waals surface area (Å²) in [7, 11) is 0. The van der Waals surface area contributed by atoms with Crippen LogP contribution in [0, 0.1) is 6.92 Å². The van der Waals surface area contributed by atoms with E-state index in [4.69, 9.17) is 0 Å². The summed E-state index contributed by atoms with van der Waals surface area (Å²) < 4.78 is 0. The Morgan fingerprint density at radius 3 is 2.70 bits per heavy atom. The summed E-state index contributed by atoms with van der Waals surface area (Å²) in [6.45, 7) is 8.47. The minimum atomic E-state index is -0.0819. The van der Waals surface area contributed by atoms with Gasteiger partial charge in [0, 0.05) is 12.2 Å². The zero-order chi connectivity index (χ0) is 19.2. The van der Waals surface area contributed by atoms with E-state index in [1.165, 1.54) is 22.5 Å². The van der Waals surface area contributed by atoms with Gasteiger partial charge in [0.15, 0.2) is 5.13 Å². The Hall–Kier alpha value is -2.66. The molecule has 0 unspecified atom stereocenters. The van der Waals surface area contributed by atoms with Gasteiger partial charge in [-0.25, -0.2) is 4.98 Å². The highest BCUT2D eigenvalue weighted by atomic mass is 32.1. The van der Waals surface area contributed by atoms with Crippen LogP contribution < -0.4 is 10.6 Å². The maximum atomic E-state index is 12.0. The van der Waals surface area contributed by atoms with Crippen LogP contribution in [0.2, 0.25) is 0 Å². The molecule has 1 aliphatic carbocycles. The Kier molecular flexibility index (Phi) is 6.24. The highest BCUT2D eigenvalue weighted by Gasteiger charge is 2.15. The van der Waals surface area contributed by atoms with E-state index in [2.05, 4.69) is 64.7 Å². The predicted octanol–water partition coefficient (Wildman–Crippen LogP) is 5.10. The summed E-state index contributed by atoms with van der Waals surface area (Å²) in [6, 6.07) is 8.42. The second-order valence-corrected chi connectivity index (χ2v) is 7.53. The van der Waals surface area contributed by atoms with Gasteiger partial charge in [0.1, 0.15) is 4.88 Å². The van der Waals surface area contributed by atoms with Gasteiger partial charge in [-0.15, -0.1) is 0 Å². The third kappa shape index (κ3) is 4.95. The fourth-order valence-electron chi connectivity index (χ4n) is 2.96. The van der Waals surface area contributed by atoms with Gasteiger partial charge in [-0.1, -0.05) is 60.4 Å². The Bertz CT molecular complexity index is 891. The van der Waals surface area contributed by atoms with E-state index in [1.54, 1.807) is 0 Å². The zero-order valence-corrected chi connectivity index (χ0v) is 16.7. The van der Waals surface area contributed by atoms with Crippen molar-refractivity contribution < 1.29 is 4.79 Å². The first-order valence-corrected chi connectivity index (χ1v) is 10.0. The lowest BCUT2D eigenvalue weighted by atomic mass is 9.99. The molecule has 5 heteroatoms.